The summed E-state index contributed by atoms with van der Waals surface area (Å²) in [5.41, 5.74) is 1.25. The molecule has 0 fully saturated rings. The zero-order chi connectivity index (χ0) is 14.8. The smallest absolute Gasteiger partial charge is 0.151 e. The van der Waals surface area contributed by atoms with Crippen molar-refractivity contribution < 1.29 is 4.42 Å². The Labute approximate surface area is 124 Å². The lowest BCUT2D eigenvalue weighted by Crippen LogP contribution is -2.36. The highest BCUT2D eigenvalue weighted by atomic mass is 32.1. The third-order valence-corrected chi connectivity index (χ3v) is 3.98. The van der Waals surface area contributed by atoms with E-state index >= 15 is 0 Å². The topological polar surface area (TPSA) is 51.0 Å². The molecular formula is C15H23N3OS. The molecule has 2 aromatic rings. The molecule has 0 spiro atoms. The summed E-state index contributed by atoms with van der Waals surface area (Å²) in [7, 11) is 0. The number of nitrogens with zero attached hydrogens (tertiary/aromatic N) is 2. The number of furan rings is 1. The summed E-state index contributed by atoms with van der Waals surface area (Å²) >= 11 is 1.66. The van der Waals surface area contributed by atoms with Crippen LogP contribution >= 0.6 is 11.3 Å². The van der Waals surface area contributed by atoms with Gasteiger partial charge in [0.25, 0.3) is 0 Å². The number of nitrogens with one attached hydrogen (secondary N) is 1. The SMILES string of the molecule is Cc1cc(-c2nnc(CCCNC(C)(C)C)s2)c(C)o1. The number of aromatic nitrogens is 2. The first-order valence-corrected chi connectivity index (χ1v) is 7.81. The highest BCUT2D eigenvalue weighted by Crippen LogP contribution is 2.29. The quantitative estimate of drug-likeness (QED) is 0.853. The fourth-order valence-electron chi connectivity index (χ4n) is 2.01. The predicted octanol–water partition coefficient (Wildman–Crippen LogP) is 3.74. The molecule has 0 aliphatic rings. The van der Waals surface area contributed by atoms with Crippen LogP contribution in [0.2, 0.25) is 0 Å². The molecule has 2 aromatic heterocycles. The number of aryl methyl sites for hydroxylation is 3. The molecule has 4 nitrogen and oxygen atoms in total. The van der Waals surface area contributed by atoms with E-state index in [1.165, 1.54) is 0 Å². The average molecular weight is 293 g/mol. The molecule has 2 heterocycles. The van der Waals surface area contributed by atoms with Crippen LogP contribution in [0.1, 0.15) is 43.7 Å². The lowest BCUT2D eigenvalue weighted by Gasteiger charge is -2.20. The average Bonchev–Trinajstić information content (AvgIpc) is 2.90. The van der Waals surface area contributed by atoms with Gasteiger partial charge in [0.15, 0.2) is 5.01 Å². The number of rotatable bonds is 5. The maximum atomic E-state index is 5.54. The fourth-order valence-corrected chi connectivity index (χ4v) is 2.96. The van der Waals surface area contributed by atoms with Gasteiger partial charge < -0.3 is 9.73 Å². The molecule has 0 bridgehead atoms. The molecule has 0 aliphatic heterocycles. The Morgan fingerprint density at radius 1 is 1.25 bits per heavy atom. The Hall–Kier alpha value is -1.20. The van der Waals surface area contributed by atoms with E-state index in [4.69, 9.17) is 4.42 Å². The van der Waals surface area contributed by atoms with E-state index in [1.54, 1.807) is 11.3 Å². The van der Waals surface area contributed by atoms with Crippen molar-refractivity contribution in [1.82, 2.24) is 15.5 Å². The Balaban J connectivity index is 1.91. The van der Waals surface area contributed by atoms with Crippen LogP contribution in [0.15, 0.2) is 10.5 Å². The van der Waals surface area contributed by atoms with Gasteiger partial charge in [-0.3, -0.25) is 0 Å². The van der Waals surface area contributed by atoms with Gasteiger partial charge in [0.05, 0.1) is 5.56 Å². The van der Waals surface area contributed by atoms with Crippen LogP contribution in [-0.2, 0) is 6.42 Å². The van der Waals surface area contributed by atoms with E-state index in [2.05, 4.69) is 36.3 Å². The summed E-state index contributed by atoms with van der Waals surface area (Å²) in [6.07, 6.45) is 2.05. The second-order valence-electron chi connectivity index (χ2n) is 6.11. The summed E-state index contributed by atoms with van der Waals surface area (Å²) < 4.78 is 5.54. The third kappa shape index (κ3) is 4.15. The van der Waals surface area contributed by atoms with Gasteiger partial charge in [0.2, 0.25) is 0 Å². The van der Waals surface area contributed by atoms with Gasteiger partial charge in [-0.05, 0) is 53.7 Å². The maximum absolute atomic E-state index is 5.54. The van der Waals surface area contributed by atoms with Crippen molar-refractivity contribution in [3.8, 4) is 10.6 Å². The Kier molecular flexibility index (Phi) is 4.60. The first-order chi connectivity index (χ1) is 9.35. The summed E-state index contributed by atoms with van der Waals surface area (Å²) in [5, 5.41) is 14.1. The second kappa shape index (κ2) is 6.06. The van der Waals surface area contributed by atoms with Gasteiger partial charge in [-0.25, -0.2) is 0 Å². The molecule has 0 aromatic carbocycles. The lowest BCUT2D eigenvalue weighted by molar-refractivity contribution is 0.422. The third-order valence-electron chi connectivity index (χ3n) is 2.96. The minimum absolute atomic E-state index is 0.178. The molecular weight excluding hydrogens is 270 g/mol. The maximum Gasteiger partial charge on any atom is 0.151 e. The molecule has 5 heteroatoms. The van der Waals surface area contributed by atoms with Crippen molar-refractivity contribution in [3.05, 3.63) is 22.6 Å². The van der Waals surface area contributed by atoms with E-state index in [0.717, 1.165) is 46.5 Å². The lowest BCUT2D eigenvalue weighted by atomic mass is 10.1. The molecule has 1 N–H and O–H groups in total. The van der Waals surface area contributed by atoms with Crippen molar-refractivity contribution in [2.24, 2.45) is 0 Å². The van der Waals surface area contributed by atoms with Gasteiger partial charge in [0, 0.05) is 12.0 Å². The van der Waals surface area contributed by atoms with E-state index in [-0.39, 0.29) is 5.54 Å². The first-order valence-electron chi connectivity index (χ1n) is 7.00. The van der Waals surface area contributed by atoms with Crippen LogP contribution < -0.4 is 5.32 Å². The van der Waals surface area contributed by atoms with Crippen molar-refractivity contribution in [1.29, 1.82) is 0 Å². The highest BCUT2D eigenvalue weighted by Gasteiger charge is 2.13. The second-order valence-corrected chi connectivity index (χ2v) is 7.17. The summed E-state index contributed by atoms with van der Waals surface area (Å²) in [6, 6.07) is 2.03. The molecule has 20 heavy (non-hydrogen) atoms. The molecule has 0 atom stereocenters. The fraction of sp³-hybridized carbons (Fsp3) is 0.600. The van der Waals surface area contributed by atoms with Gasteiger partial charge in [0.1, 0.15) is 16.5 Å². The Bertz CT molecular complexity index is 566. The largest absolute Gasteiger partial charge is 0.466 e. The molecule has 110 valence electrons. The van der Waals surface area contributed by atoms with E-state index < -0.39 is 0 Å². The standard InChI is InChI=1S/C15H23N3OS/c1-10-9-12(11(2)19-10)14-18-17-13(20-14)7-6-8-16-15(3,4)5/h9,16H,6-8H2,1-5H3. The van der Waals surface area contributed by atoms with Gasteiger partial charge >= 0.3 is 0 Å². The van der Waals surface area contributed by atoms with Crippen molar-refractivity contribution in [2.75, 3.05) is 6.54 Å². The summed E-state index contributed by atoms with van der Waals surface area (Å²) in [4.78, 5) is 0. The molecule has 2 rings (SSSR count). The number of hydrogen-bond acceptors (Lipinski definition) is 5. The van der Waals surface area contributed by atoms with Crippen LogP contribution in [0.3, 0.4) is 0 Å². The molecule has 0 unspecified atom stereocenters. The van der Waals surface area contributed by atoms with Crippen LogP contribution in [0.25, 0.3) is 10.6 Å². The minimum atomic E-state index is 0.178. The predicted molar refractivity (Wildman–Crippen MR) is 83.2 cm³/mol. The van der Waals surface area contributed by atoms with Crippen molar-refractivity contribution in [2.45, 2.75) is 53.0 Å². The highest BCUT2D eigenvalue weighted by molar-refractivity contribution is 7.14. The Morgan fingerprint density at radius 3 is 2.60 bits per heavy atom. The first kappa shape index (κ1) is 15.2. The normalized spacial score (nSPS) is 12.1. The van der Waals surface area contributed by atoms with E-state index in [9.17, 15) is 0 Å². The Morgan fingerprint density at radius 2 is 2.00 bits per heavy atom. The van der Waals surface area contributed by atoms with Crippen LogP contribution in [-0.4, -0.2) is 22.3 Å². The van der Waals surface area contributed by atoms with E-state index in [0.29, 0.717) is 0 Å². The van der Waals surface area contributed by atoms with Gasteiger partial charge in [-0.15, -0.1) is 10.2 Å². The van der Waals surface area contributed by atoms with Crippen LogP contribution in [0.4, 0.5) is 0 Å². The zero-order valence-electron chi connectivity index (χ0n) is 12.9. The van der Waals surface area contributed by atoms with Crippen molar-refractivity contribution >= 4 is 11.3 Å². The molecule has 0 radical (unpaired) electrons. The van der Waals surface area contributed by atoms with Gasteiger partial charge in [-0.1, -0.05) is 11.3 Å². The molecule has 0 saturated heterocycles. The van der Waals surface area contributed by atoms with Gasteiger partial charge in [-0.2, -0.15) is 0 Å². The van der Waals surface area contributed by atoms with Crippen LogP contribution in [0, 0.1) is 13.8 Å². The zero-order valence-corrected chi connectivity index (χ0v) is 13.7. The summed E-state index contributed by atoms with van der Waals surface area (Å²) in [5.74, 6) is 1.84. The molecule has 0 amide bonds. The molecule has 0 aliphatic carbocycles. The van der Waals surface area contributed by atoms with Crippen molar-refractivity contribution in [3.63, 3.8) is 0 Å². The minimum Gasteiger partial charge on any atom is -0.466 e. The summed E-state index contributed by atoms with van der Waals surface area (Å²) in [6.45, 7) is 11.5. The monoisotopic (exact) mass is 293 g/mol. The van der Waals surface area contributed by atoms with Crippen LogP contribution in [0.5, 0.6) is 0 Å². The number of hydrogen-bond donors (Lipinski definition) is 1. The molecule has 0 saturated carbocycles. The van der Waals surface area contributed by atoms with E-state index in [1.807, 2.05) is 19.9 Å².